The monoisotopic (exact) mass is 468 g/mol. The van der Waals surface area contributed by atoms with Crippen molar-refractivity contribution in [1.29, 1.82) is 0 Å². The number of nitrogens with one attached hydrogen (secondary N) is 1. The lowest BCUT2D eigenvalue weighted by Crippen LogP contribution is -2.41. The van der Waals surface area contributed by atoms with Gasteiger partial charge in [-0.1, -0.05) is 48.0 Å². The second-order valence-electron chi connectivity index (χ2n) is 7.41. The molecule has 0 atom stereocenters. The normalized spacial score (nSPS) is 11.1. The average molecular weight is 469 g/mol. The molecule has 7 nitrogen and oxygen atoms in total. The fourth-order valence-electron chi connectivity index (χ4n) is 3.11. The van der Waals surface area contributed by atoms with E-state index in [0.29, 0.717) is 24.7 Å². The molecule has 0 aliphatic carbocycles. The molecule has 0 saturated carbocycles. The molecule has 0 bridgehead atoms. The SMILES string of the molecule is COc1ccc(N(CC(=O)NCCOCc2ccccc2)S(=O)(=O)c2ccc(C)cc2)cc1. The number of hydrogen-bond donors (Lipinski definition) is 1. The summed E-state index contributed by atoms with van der Waals surface area (Å²) in [5.74, 6) is 0.163. The van der Waals surface area contributed by atoms with Crippen molar-refractivity contribution in [1.82, 2.24) is 5.32 Å². The molecule has 0 heterocycles. The summed E-state index contributed by atoms with van der Waals surface area (Å²) in [7, 11) is -2.43. The highest BCUT2D eigenvalue weighted by Gasteiger charge is 2.27. The van der Waals surface area contributed by atoms with Gasteiger partial charge in [-0.3, -0.25) is 9.10 Å². The highest BCUT2D eigenvalue weighted by molar-refractivity contribution is 7.92. The minimum Gasteiger partial charge on any atom is -0.497 e. The molecule has 0 aliphatic rings. The van der Waals surface area contributed by atoms with E-state index in [9.17, 15) is 13.2 Å². The van der Waals surface area contributed by atoms with E-state index in [4.69, 9.17) is 9.47 Å². The molecule has 0 aromatic heterocycles. The van der Waals surface area contributed by atoms with E-state index in [1.165, 1.54) is 19.2 Å². The first-order valence-electron chi connectivity index (χ1n) is 10.5. The van der Waals surface area contributed by atoms with Gasteiger partial charge in [-0.05, 0) is 48.9 Å². The van der Waals surface area contributed by atoms with Crippen LogP contribution in [0, 0.1) is 6.92 Å². The van der Waals surface area contributed by atoms with Crippen LogP contribution in [0.5, 0.6) is 5.75 Å². The molecule has 0 unspecified atom stereocenters. The zero-order chi connectivity index (χ0) is 23.7. The van der Waals surface area contributed by atoms with E-state index in [1.807, 2.05) is 37.3 Å². The van der Waals surface area contributed by atoms with E-state index in [2.05, 4.69) is 5.32 Å². The Morgan fingerprint density at radius 3 is 2.24 bits per heavy atom. The first-order valence-corrected chi connectivity index (χ1v) is 12.0. The van der Waals surface area contributed by atoms with Gasteiger partial charge in [-0.2, -0.15) is 0 Å². The van der Waals surface area contributed by atoms with Crippen LogP contribution in [-0.2, 0) is 26.2 Å². The summed E-state index contributed by atoms with van der Waals surface area (Å²) in [6.07, 6.45) is 0. The number of benzene rings is 3. The second kappa shape index (κ2) is 11.5. The molecule has 3 rings (SSSR count). The number of carbonyl (C=O) groups is 1. The summed E-state index contributed by atoms with van der Waals surface area (Å²) in [5.41, 5.74) is 2.35. The minimum absolute atomic E-state index is 0.114. The molecule has 3 aromatic rings. The number of nitrogens with zero attached hydrogens (tertiary/aromatic N) is 1. The van der Waals surface area contributed by atoms with Crippen LogP contribution in [-0.4, -0.2) is 41.1 Å². The third-order valence-electron chi connectivity index (χ3n) is 4.94. The van der Waals surface area contributed by atoms with Crippen LogP contribution in [0.15, 0.2) is 83.8 Å². The standard InChI is InChI=1S/C25H28N2O5S/c1-20-8-14-24(15-9-20)33(29,30)27(22-10-12-23(31-2)13-11-22)18-25(28)26-16-17-32-19-21-6-4-3-5-7-21/h3-15H,16-19H2,1-2H3,(H,26,28). The number of aryl methyl sites for hydroxylation is 1. The van der Waals surface area contributed by atoms with Crippen molar-refractivity contribution in [2.45, 2.75) is 18.4 Å². The molecule has 0 fully saturated rings. The van der Waals surface area contributed by atoms with Crippen molar-refractivity contribution in [3.8, 4) is 5.75 Å². The summed E-state index contributed by atoms with van der Waals surface area (Å²) in [5, 5.41) is 2.73. The quantitative estimate of drug-likeness (QED) is 0.435. The molecule has 0 radical (unpaired) electrons. The topological polar surface area (TPSA) is 84.9 Å². The fraction of sp³-hybridized carbons (Fsp3) is 0.240. The number of carbonyl (C=O) groups excluding carboxylic acids is 1. The third kappa shape index (κ3) is 6.81. The van der Waals surface area contributed by atoms with Gasteiger partial charge in [0.2, 0.25) is 5.91 Å². The number of ether oxygens (including phenoxy) is 2. The smallest absolute Gasteiger partial charge is 0.264 e. The van der Waals surface area contributed by atoms with Gasteiger partial charge in [0.25, 0.3) is 10.0 Å². The van der Waals surface area contributed by atoms with Gasteiger partial charge in [-0.25, -0.2) is 8.42 Å². The Morgan fingerprint density at radius 2 is 1.61 bits per heavy atom. The Bertz CT molecular complexity index is 1130. The molecule has 0 saturated heterocycles. The molecule has 33 heavy (non-hydrogen) atoms. The number of methoxy groups -OCH3 is 1. The lowest BCUT2D eigenvalue weighted by molar-refractivity contribution is -0.119. The minimum atomic E-state index is -3.96. The lowest BCUT2D eigenvalue weighted by Gasteiger charge is -2.24. The van der Waals surface area contributed by atoms with Gasteiger partial charge in [0.15, 0.2) is 0 Å². The van der Waals surface area contributed by atoms with Crippen LogP contribution in [0.4, 0.5) is 5.69 Å². The number of sulfonamides is 1. The van der Waals surface area contributed by atoms with E-state index in [0.717, 1.165) is 15.4 Å². The maximum absolute atomic E-state index is 13.4. The maximum atomic E-state index is 13.4. The first kappa shape index (κ1) is 24.3. The van der Waals surface area contributed by atoms with Gasteiger partial charge < -0.3 is 14.8 Å². The third-order valence-corrected chi connectivity index (χ3v) is 6.72. The molecule has 8 heteroatoms. The Balaban J connectivity index is 1.67. The molecular formula is C25H28N2O5S. The van der Waals surface area contributed by atoms with Crippen molar-refractivity contribution in [2.24, 2.45) is 0 Å². The summed E-state index contributed by atoms with van der Waals surface area (Å²) in [4.78, 5) is 12.7. The zero-order valence-corrected chi connectivity index (χ0v) is 19.5. The first-order chi connectivity index (χ1) is 15.9. The Hall–Kier alpha value is -3.36. The lowest BCUT2D eigenvalue weighted by atomic mass is 10.2. The number of anilines is 1. The Morgan fingerprint density at radius 1 is 0.939 bits per heavy atom. The second-order valence-corrected chi connectivity index (χ2v) is 9.27. The van der Waals surface area contributed by atoms with Crippen molar-refractivity contribution >= 4 is 21.6 Å². The van der Waals surface area contributed by atoms with Gasteiger partial charge in [0.05, 0.1) is 30.9 Å². The van der Waals surface area contributed by atoms with Crippen molar-refractivity contribution in [3.05, 3.63) is 90.0 Å². The summed E-state index contributed by atoms with van der Waals surface area (Å²) in [6.45, 7) is 2.54. The van der Waals surface area contributed by atoms with Crippen LogP contribution >= 0.6 is 0 Å². The van der Waals surface area contributed by atoms with Crippen molar-refractivity contribution < 1.29 is 22.7 Å². The molecule has 0 spiro atoms. The Labute approximate surface area is 195 Å². The zero-order valence-electron chi connectivity index (χ0n) is 18.7. The van der Waals surface area contributed by atoms with Crippen molar-refractivity contribution in [3.63, 3.8) is 0 Å². The van der Waals surface area contributed by atoms with Gasteiger partial charge in [0.1, 0.15) is 12.3 Å². The molecule has 174 valence electrons. The fourth-order valence-corrected chi connectivity index (χ4v) is 4.54. The summed E-state index contributed by atoms with van der Waals surface area (Å²) < 4.78 is 38.5. The van der Waals surface area contributed by atoms with E-state index in [1.54, 1.807) is 36.4 Å². The maximum Gasteiger partial charge on any atom is 0.264 e. The number of amides is 1. The van der Waals surface area contributed by atoms with Crippen LogP contribution in [0.2, 0.25) is 0 Å². The highest BCUT2D eigenvalue weighted by atomic mass is 32.2. The number of rotatable bonds is 11. The molecule has 3 aromatic carbocycles. The predicted molar refractivity (Wildman–Crippen MR) is 128 cm³/mol. The highest BCUT2D eigenvalue weighted by Crippen LogP contribution is 2.25. The van der Waals surface area contributed by atoms with E-state index >= 15 is 0 Å². The summed E-state index contributed by atoms with van der Waals surface area (Å²) >= 11 is 0. The van der Waals surface area contributed by atoms with Crippen LogP contribution in [0.1, 0.15) is 11.1 Å². The average Bonchev–Trinajstić information content (AvgIpc) is 2.83. The van der Waals surface area contributed by atoms with Gasteiger partial charge in [0, 0.05) is 6.54 Å². The molecular weight excluding hydrogens is 440 g/mol. The molecule has 1 amide bonds. The van der Waals surface area contributed by atoms with Crippen LogP contribution < -0.4 is 14.4 Å². The predicted octanol–water partition coefficient (Wildman–Crippen LogP) is 3.53. The molecule has 1 N–H and O–H groups in total. The van der Waals surface area contributed by atoms with Gasteiger partial charge >= 0.3 is 0 Å². The van der Waals surface area contributed by atoms with E-state index in [-0.39, 0.29) is 18.0 Å². The van der Waals surface area contributed by atoms with E-state index < -0.39 is 15.9 Å². The van der Waals surface area contributed by atoms with Gasteiger partial charge in [-0.15, -0.1) is 0 Å². The summed E-state index contributed by atoms with van der Waals surface area (Å²) in [6, 6.07) is 22.8. The Kier molecular flexibility index (Phi) is 8.46. The van der Waals surface area contributed by atoms with Crippen molar-refractivity contribution in [2.75, 3.05) is 31.1 Å². The van der Waals surface area contributed by atoms with Crippen LogP contribution in [0.3, 0.4) is 0 Å². The number of hydrogen-bond acceptors (Lipinski definition) is 5. The molecule has 0 aliphatic heterocycles. The van der Waals surface area contributed by atoms with Crippen LogP contribution in [0.25, 0.3) is 0 Å². The largest absolute Gasteiger partial charge is 0.497 e.